The summed E-state index contributed by atoms with van der Waals surface area (Å²) in [5.74, 6) is -3.47. The molecule has 10 heteroatoms. The van der Waals surface area contributed by atoms with Crippen LogP contribution in [-0.2, 0) is 14.4 Å². The van der Waals surface area contributed by atoms with Crippen LogP contribution < -0.4 is 10.6 Å². The summed E-state index contributed by atoms with van der Waals surface area (Å²) in [5.41, 5.74) is 8.85. The zero-order valence-corrected chi connectivity index (χ0v) is 15.7. The summed E-state index contributed by atoms with van der Waals surface area (Å²) >= 11 is 0. The third-order valence-corrected chi connectivity index (χ3v) is 3.45. The molecule has 1 aromatic carbocycles. The zero-order chi connectivity index (χ0) is 20.6. The minimum Gasteiger partial charge on any atom is -0.479 e. The Morgan fingerprint density at radius 2 is 1.41 bits per heavy atom. The van der Waals surface area contributed by atoms with Gasteiger partial charge in [0.15, 0.2) is 12.2 Å². The van der Waals surface area contributed by atoms with Crippen LogP contribution in [0.3, 0.4) is 0 Å². The number of aryl methyl sites for hydroxylation is 2. The Kier molecular flexibility index (Phi) is 11.8. The number of hydrogen-bond acceptors (Lipinski definition) is 6. The molecule has 0 aliphatic heterocycles. The molecule has 0 saturated carbocycles. The number of aliphatic hydroxyl groups is 2. The lowest BCUT2D eigenvalue weighted by Crippen LogP contribution is -2.39. The molecule has 0 bridgehead atoms. The zero-order valence-electron chi connectivity index (χ0n) is 15.7. The van der Waals surface area contributed by atoms with Crippen molar-refractivity contribution in [1.82, 2.24) is 0 Å². The number of rotatable bonds is 6. The summed E-state index contributed by atoms with van der Waals surface area (Å²) in [6.45, 7) is 5.87. The van der Waals surface area contributed by atoms with Crippen molar-refractivity contribution in [2.75, 3.05) is 11.9 Å². The molecule has 154 valence electrons. The van der Waals surface area contributed by atoms with Crippen molar-refractivity contribution in [1.29, 1.82) is 0 Å². The summed E-state index contributed by atoms with van der Waals surface area (Å²) in [6.07, 6.45) is -4.15. The van der Waals surface area contributed by atoms with Crippen molar-refractivity contribution < 1.29 is 40.3 Å². The van der Waals surface area contributed by atoms with Gasteiger partial charge in [0.05, 0.1) is 0 Å². The van der Waals surface area contributed by atoms with Crippen molar-refractivity contribution >= 4 is 23.5 Å². The number of amides is 1. The van der Waals surface area contributed by atoms with Crippen LogP contribution in [0, 0.1) is 13.8 Å². The highest BCUT2D eigenvalue weighted by atomic mass is 16.4. The Hall–Kier alpha value is -2.53. The molecular formula is C17H28N2O8. The Labute approximate surface area is 157 Å². The van der Waals surface area contributed by atoms with E-state index in [4.69, 9.17) is 26.2 Å². The van der Waals surface area contributed by atoms with Crippen molar-refractivity contribution in [3.05, 3.63) is 29.3 Å². The van der Waals surface area contributed by atoms with Gasteiger partial charge in [0.2, 0.25) is 5.91 Å². The van der Waals surface area contributed by atoms with Crippen LogP contribution in [0.5, 0.6) is 0 Å². The van der Waals surface area contributed by atoms with Gasteiger partial charge in [-0.15, -0.1) is 0 Å². The molecule has 0 aromatic heterocycles. The van der Waals surface area contributed by atoms with E-state index in [1.807, 2.05) is 39.0 Å². The highest BCUT2D eigenvalue weighted by Gasteiger charge is 2.29. The maximum absolute atomic E-state index is 11.9. The maximum atomic E-state index is 11.9. The molecule has 10 nitrogen and oxygen atoms in total. The predicted molar refractivity (Wildman–Crippen MR) is 98.5 cm³/mol. The van der Waals surface area contributed by atoms with E-state index in [1.54, 1.807) is 11.9 Å². The lowest BCUT2D eigenvalue weighted by molar-refractivity contribution is -0.165. The molecule has 0 fully saturated rings. The molecule has 0 radical (unpaired) electrons. The Balaban J connectivity index is 0. The first-order valence-electron chi connectivity index (χ1n) is 7.80. The number of carbonyl (C=O) groups is 3. The van der Waals surface area contributed by atoms with E-state index in [2.05, 4.69) is 0 Å². The van der Waals surface area contributed by atoms with E-state index in [0.29, 0.717) is 6.42 Å². The van der Waals surface area contributed by atoms with Crippen LogP contribution in [0.15, 0.2) is 18.2 Å². The first-order valence-corrected chi connectivity index (χ1v) is 7.80. The molecule has 8 N–H and O–H groups in total. The number of nitrogens with two attached hydrogens (primary N) is 1. The molecule has 1 aromatic rings. The lowest BCUT2D eigenvalue weighted by atomic mass is 10.1. The van der Waals surface area contributed by atoms with Crippen LogP contribution in [-0.4, -0.2) is 69.0 Å². The fourth-order valence-corrected chi connectivity index (χ4v) is 2.14. The number of carboxylic acids is 2. The average Bonchev–Trinajstić information content (AvgIpc) is 2.52. The van der Waals surface area contributed by atoms with Gasteiger partial charge >= 0.3 is 11.9 Å². The van der Waals surface area contributed by atoms with E-state index in [-0.39, 0.29) is 17.4 Å². The summed E-state index contributed by atoms with van der Waals surface area (Å²) in [7, 11) is 1.81. The van der Waals surface area contributed by atoms with Crippen LogP contribution in [0.4, 0.5) is 5.69 Å². The third kappa shape index (κ3) is 8.60. The summed E-state index contributed by atoms with van der Waals surface area (Å²) in [6, 6.07) is 5.92. The van der Waals surface area contributed by atoms with Crippen LogP contribution >= 0.6 is 0 Å². The first-order chi connectivity index (χ1) is 11.9. The molecule has 3 atom stereocenters. The second-order valence-corrected chi connectivity index (χ2v) is 5.94. The molecule has 0 saturated heterocycles. The van der Waals surface area contributed by atoms with Crippen LogP contribution in [0.25, 0.3) is 0 Å². The summed E-state index contributed by atoms with van der Waals surface area (Å²) in [4.78, 5) is 33.2. The number of aliphatic carboxylic acids is 2. The molecule has 0 aliphatic rings. The Morgan fingerprint density at radius 1 is 1.04 bits per heavy atom. The number of carboxylic acid groups (broad SMARTS) is 2. The molecule has 0 spiro atoms. The van der Waals surface area contributed by atoms with Crippen molar-refractivity contribution in [3.8, 4) is 0 Å². The van der Waals surface area contributed by atoms with Gasteiger partial charge in [-0.2, -0.15) is 0 Å². The first kappa shape index (κ1) is 26.7. The smallest absolute Gasteiger partial charge is 0.335 e. The van der Waals surface area contributed by atoms with Crippen molar-refractivity contribution in [2.45, 2.75) is 45.4 Å². The van der Waals surface area contributed by atoms with Crippen LogP contribution in [0.2, 0.25) is 0 Å². The molecule has 0 aliphatic carbocycles. The molecule has 1 rings (SSSR count). The van der Waals surface area contributed by atoms with Gasteiger partial charge in [-0.3, -0.25) is 4.79 Å². The second kappa shape index (κ2) is 12.0. The Morgan fingerprint density at radius 3 is 1.70 bits per heavy atom. The number of nitrogens with zero attached hydrogens (tertiary/aromatic N) is 1. The van der Waals surface area contributed by atoms with Gasteiger partial charge in [-0.25, -0.2) is 9.59 Å². The molecule has 3 unspecified atom stereocenters. The number of anilines is 1. The topological polar surface area (TPSA) is 193 Å². The third-order valence-electron chi connectivity index (χ3n) is 3.45. The number of benzene rings is 1. The van der Waals surface area contributed by atoms with E-state index in [0.717, 1.165) is 16.8 Å². The van der Waals surface area contributed by atoms with Gasteiger partial charge in [0, 0.05) is 25.2 Å². The molecular weight excluding hydrogens is 360 g/mol. The SMILES string of the molecule is Cc1cccc(C)c1N(C)C(=O)CC(C)N.O.O=C(O)C(O)C(O)C(=O)O. The standard InChI is InChI=1S/C13H20N2O.C4H6O6.H2O/c1-9-6-5-7-10(2)13(9)15(4)12(16)8-11(3)14;5-1(3(7)8)2(6)4(9)10;/h5-7,11H,8,14H2,1-4H3;1-2,5-6H,(H,7,8)(H,9,10);1H2. The van der Waals surface area contributed by atoms with Gasteiger partial charge < -0.3 is 36.5 Å². The van der Waals surface area contributed by atoms with Crippen molar-refractivity contribution in [3.63, 3.8) is 0 Å². The predicted octanol–water partition coefficient (Wildman–Crippen LogP) is -0.944. The monoisotopic (exact) mass is 388 g/mol. The normalized spacial score (nSPS) is 13.1. The molecule has 27 heavy (non-hydrogen) atoms. The lowest BCUT2D eigenvalue weighted by Gasteiger charge is -2.22. The Bertz CT molecular complexity index is 610. The maximum Gasteiger partial charge on any atom is 0.335 e. The highest BCUT2D eigenvalue weighted by Crippen LogP contribution is 2.23. The molecule has 0 heterocycles. The largest absolute Gasteiger partial charge is 0.479 e. The van der Waals surface area contributed by atoms with Crippen molar-refractivity contribution in [2.24, 2.45) is 5.73 Å². The van der Waals surface area contributed by atoms with E-state index in [1.165, 1.54) is 0 Å². The van der Waals surface area contributed by atoms with Crippen LogP contribution in [0.1, 0.15) is 24.5 Å². The number of carbonyl (C=O) groups excluding carboxylic acids is 1. The quantitative estimate of drug-likeness (QED) is 0.412. The average molecular weight is 388 g/mol. The molecule has 1 amide bonds. The second-order valence-electron chi connectivity index (χ2n) is 5.94. The minimum atomic E-state index is -2.27. The van der Waals surface area contributed by atoms with E-state index < -0.39 is 24.1 Å². The van der Waals surface area contributed by atoms with Gasteiger partial charge in [-0.05, 0) is 31.9 Å². The van der Waals surface area contributed by atoms with Gasteiger partial charge in [0.1, 0.15) is 0 Å². The highest BCUT2D eigenvalue weighted by molar-refractivity contribution is 5.94. The van der Waals surface area contributed by atoms with E-state index >= 15 is 0 Å². The number of para-hydroxylation sites is 1. The summed E-state index contributed by atoms with van der Waals surface area (Å²) < 4.78 is 0. The van der Waals surface area contributed by atoms with E-state index in [9.17, 15) is 14.4 Å². The fourth-order valence-electron chi connectivity index (χ4n) is 2.14. The number of aliphatic hydroxyl groups excluding tert-OH is 2. The fraction of sp³-hybridized carbons (Fsp3) is 0.471. The van der Waals surface area contributed by atoms with Gasteiger partial charge in [0.25, 0.3) is 0 Å². The summed E-state index contributed by atoms with van der Waals surface area (Å²) in [5, 5.41) is 32.5. The minimum absolute atomic E-state index is 0. The van der Waals surface area contributed by atoms with Gasteiger partial charge in [-0.1, -0.05) is 18.2 Å². The number of hydrogen-bond donors (Lipinski definition) is 5.